The van der Waals surface area contributed by atoms with Gasteiger partial charge < -0.3 is 5.32 Å². The fourth-order valence-electron chi connectivity index (χ4n) is 2.82. The number of hydrogen-bond donors (Lipinski definition) is 2. The predicted octanol–water partition coefficient (Wildman–Crippen LogP) is 4.92. The molecule has 0 radical (unpaired) electrons. The first-order chi connectivity index (χ1) is 14.6. The molecular weight excluding hydrogens is 442 g/mol. The lowest BCUT2D eigenvalue weighted by molar-refractivity contribution is -0.384. The summed E-state index contributed by atoms with van der Waals surface area (Å²) < 4.78 is 28.1. The van der Waals surface area contributed by atoms with Crippen LogP contribution in [0.15, 0.2) is 65.6 Å². The number of carbonyl (C=O) groups excluding carboxylic acids is 1. The molecule has 1 amide bonds. The van der Waals surface area contributed by atoms with E-state index in [1.165, 1.54) is 30.3 Å². The molecule has 0 aliphatic rings. The first kappa shape index (κ1) is 22.3. The molecule has 2 N–H and O–H groups in total. The number of non-ortho nitro benzene ring substituents is 1. The SMILES string of the molecule is Cc1cccc(NS(=O)(=O)c2cc(C(=O)Nc3cc([N+](=O)[O-])ccc3C)ccc2Cl)c1. The van der Waals surface area contributed by atoms with Crippen LogP contribution >= 0.6 is 11.6 Å². The molecule has 0 spiro atoms. The molecule has 0 aliphatic carbocycles. The molecule has 8 nitrogen and oxygen atoms in total. The van der Waals surface area contributed by atoms with Crippen LogP contribution in [0.5, 0.6) is 0 Å². The average molecular weight is 460 g/mol. The minimum Gasteiger partial charge on any atom is -0.321 e. The number of nitro benzene ring substituents is 1. The van der Waals surface area contributed by atoms with Gasteiger partial charge in [0, 0.05) is 23.4 Å². The Labute approximate surface area is 184 Å². The van der Waals surface area contributed by atoms with Crippen molar-refractivity contribution in [1.29, 1.82) is 0 Å². The van der Waals surface area contributed by atoms with Gasteiger partial charge in [0.1, 0.15) is 4.90 Å². The molecule has 0 heterocycles. The maximum absolute atomic E-state index is 12.8. The Balaban J connectivity index is 1.91. The largest absolute Gasteiger partial charge is 0.321 e. The summed E-state index contributed by atoms with van der Waals surface area (Å²) in [6, 6.07) is 14.7. The summed E-state index contributed by atoms with van der Waals surface area (Å²) in [7, 11) is -4.07. The van der Waals surface area contributed by atoms with Crippen molar-refractivity contribution in [2.24, 2.45) is 0 Å². The van der Waals surface area contributed by atoms with Gasteiger partial charge in [0.05, 0.1) is 15.6 Å². The molecule has 0 saturated carbocycles. The molecule has 0 bridgehead atoms. The molecule has 0 atom stereocenters. The number of nitro groups is 1. The molecule has 3 aromatic rings. The summed E-state index contributed by atoms with van der Waals surface area (Å²) in [5, 5.41) is 13.5. The van der Waals surface area contributed by atoms with Crippen LogP contribution in [0.1, 0.15) is 21.5 Å². The van der Waals surface area contributed by atoms with Crippen molar-refractivity contribution in [3.63, 3.8) is 0 Å². The Morgan fingerprint density at radius 3 is 2.45 bits per heavy atom. The quantitative estimate of drug-likeness (QED) is 0.400. The van der Waals surface area contributed by atoms with Crippen molar-refractivity contribution in [2.45, 2.75) is 18.7 Å². The standard InChI is InChI=1S/C21H18ClN3O5S/c1-13-4-3-5-16(10-13)24-31(29,30)20-11-15(7-9-18(20)22)21(26)23-19-12-17(25(27)28)8-6-14(19)2/h3-12,24H,1-2H3,(H,23,26). The fourth-order valence-corrected chi connectivity index (χ4v) is 4.40. The topological polar surface area (TPSA) is 118 Å². The van der Waals surface area contributed by atoms with E-state index in [-0.39, 0.29) is 26.9 Å². The normalized spacial score (nSPS) is 11.1. The highest BCUT2D eigenvalue weighted by molar-refractivity contribution is 7.92. The van der Waals surface area contributed by atoms with Crippen molar-refractivity contribution in [3.8, 4) is 0 Å². The second-order valence-corrected chi connectivity index (χ2v) is 8.89. The van der Waals surface area contributed by atoms with Crippen molar-refractivity contribution in [2.75, 3.05) is 10.0 Å². The highest BCUT2D eigenvalue weighted by Gasteiger charge is 2.21. The maximum Gasteiger partial charge on any atom is 0.271 e. The molecule has 0 fully saturated rings. The van der Waals surface area contributed by atoms with Gasteiger partial charge >= 0.3 is 0 Å². The molecular formula is C21H18ClN3O5S. The van der Waals surface area contributed by atoms with E-state index >= 15 is 0 Å². The van der Waals surface area contributed by atoms with Crippen LogP contribution in [-0.4, -0.2) is 19.2 Å². The number of nitrogens with zero attached hydrogens (tertiary/aromatic N) is 1. The van der Waals surface area contributed by atoms with E-state index in [4.69, 9.17) is 11.6 Å². The predicted molar refractivity (Wildman–Crippen MR) is 119 cm³/mol. The molecule has 3 aromatic carbocycles. The highest BCUT2D eigenvalue weighted by Crippen LogP contribution is 2.27. The Morgan fingerprint density at radius 2 is 1.77 bits per heavy atom. The van der Waals surface area contributed by atoms with E-state index in [0.29, 0.717) is 11.3 Å². The van der Waals surface area contributed by atoms with Gasteiger partial charge in [-0.15, -0.1) is 0 Å². The van der Waals surface area contributed by atoms with Gasteiger partial charge in [0.2, 0.25) is 0 Å². The van der Waals surface area contributed by atoms with Crippen LogP contribution in [0.25, 0.3) is 0 Å². The van der Waals surface area contributed by atoms with E-state index in [1.54, 1.807) is 25.1 Å². The average Bonchev–Trinajstić information content (AvgIpc) is 2.69. The molecule has 0 aliphatic heterocycles. The molecule has 10 heteroatoms. The highest BCUT2D eigenvalue weighted by atomic mass is 35.5. The number of nitrogens with one attached hydrogen (secondary N) is 2. The van der Waals surface area contributed by atoms with E-state index in [9.17, 15) is 23.3 Å². The lowest BCUT2D eigenvalue weighted by Crippen LogP contribution is -2.17. The number of anilines is 2. The van der Waals surface area contributed by atoms with Gasteiger partial charge in [0.25, 0.3) is 21.6 Å². The monoisotopic (exact) mass is 459 g/mol. The molecule has 0 aromatic heterocycles. The lowest BCUT2D eigenvalue weighted by atomic mass is 10.1. The van der Waals surface area contributed by atoms with Gasteiger partial charge in [-0.1, -0.05) is 29.8 Å². The smallest absolute Gasteiger partial charge is 0.271 e. The Bertz CT molecular complexity index is 1290. The van der Waals surface area contributed by atoms with Gasteiger partial charge in [-0.05, 0) is 55.3 Å². The third-order valence-electron chi connectivity index (χ3n) is 4.43. The van der Waals surface area contributed by atoms with Crippen LogP contribution in [0.2, 0.25) is 5.02 Å². The third-order valence-corrected chi connectivity index (χ3v) is 6.30. The van der Waals surface area contributed by atoms with Crippen LogP contribution in [0.3, 0.4) is 0 Å². The van der Waals surface area contributed by atoms with E-state index in [1.807, 2.05) is 13.0 Å². The number of aryl methyl sites for hydroxylation is 2. The number of rotatable bonds is 6. The first-order valence-electron chi connectivity index (χ1n) is 9.02. The number of hydrogen-bond acceptors (Lipinski definition) is 5. The Hall–Kier alpha value is -3.43. The lowest BCUT2D eigenvalue weighted by Gasteiger charge is -2.12. The van der Waals surface area contributed by atoms with Gasteiger partial charge in [-0.3, -0.25) is 19.6 Å². The molecule has 160 valence electrons. The van der Waals surface area contributed by atoms with Crippen LogP contribution < -0.4 is 10.0 Å². The summed E-state index contributed by atoms with van der Waals surface area (Å²) in [5.41, 5.74) is 1.94. The van der Waals surface area contributed by atoms with Crippen molar-refractivity contribution in [3.05, 3.63) is 92.5 Å². The van der Waals surface area contributed by atoms with E-state index in [0.717, 1.165) is 11.6 Å². The van der Waals surface area contributed by atoms with Crippen molar-refractivity contribution in [1.82, 2.24) is 0 Å². The van der Waals surface area contributed by atoms with Gasteiger partial charge in [-0.25, -0.2) is 8.42 Å². The summed E-state index contributed by atoms with van der Waals surface area (Å²) in [6.45, 7) is 3.51. The summed E-state index contributed by atoms with van der Waals surface area (Å²) in [6.07, 6.45) is 0. The minimum absolute atomic E-state index is 0.0277. The summed E-state index contributed by atoms with van der Waals surface area (Å²) in [5.74, 6) is -0.632. The summed E-state index contributed by atoms with van der Waals surface area (Å²) >= 11 is 6.10. The summed E-state index contributed by atoms with van der Waals surface area (Å²) in [4.78, 5) is 22.9. The van der Waals surface area contributed by atoms with Gasteiger partial charge in [-0.2, -0.15) is 0 Å². The van der Waals surface area contributed by atoms with Crippen LogP contribution in [-0.2, 0) is 10.0 Å². The van der Waals surface area contributed by atoms with Crippen LogP contribution in [0, 0.1) is 24.0 Å². The molecule has 0 unspecified atom stereocenters. The molecule has 31 heavy (non-hydrogen) atoms. The fraction of sp³-hybridized carbons (Fsp3) is 0.0952. The van der Waals surface area contributed by atoms with Crippen molar-refractivity contribution < 1.29 is 18.1 Å². The van der Waals surface area contributed by atoms with Crippen molar-refractivity contribution >= 4 is 44.6 Å². The second-order valence-electron chi connectivity index (χ2n) is 6.83. The second kappa shape index (κ2) is 8.75. The Kier molecular flexibility index (Phi) is 6.28. The maximum atomic E-state index is 12.8. The Morgan fingerprint density at radius 1 is 1.03 bits per heavy atom. The first-order valence-corrected chi connectivity index (χ1v) is 10.9. The zero-order valence-electron chi connectivity index (χ0n) is 16.5. The number of carbonyl (C=O) groups is 1. The number of benzene rings is 3. The van der Waals surface area contributed by atoms with Crippen LogP contribution in [0.4, 0.5) is 17.1 Å². The number of sulfonamides is 1. The molecule has 3 rings (SSSR count). The zero-order valence-corrected chi connectivity index (χ0v) is 18.1. The number of halogens is 1. The molecule has 0 saturated heterocycles. The van der Waals surface area contributed by atoms with E-state index < -0.39 is 20.9 Å². The third kappa shape index (κ3) is 5.19. The van der Waals surface area contributed by atoms with Gasteiger partial charge in [0.15, 0.2) is 0 Å². The number of amides is 1. The minimum atomic E-state index is -4.07. The van der Waals surface area contributed by atoms with E-state index in [2.05, 4.69) is 10.0 Å². The zero-order chi connectivity index (χ0) is 22.8.